The number of aliphatic carboxylic acids is 1. The van der Waals surface area contributed by atoms with E-state index in [0.29, 0.717) is 12.5 Å². The van der Waals surface area contributed by atoms with Crippen molar-refractivity contribution in [3.8, 4) is 0 Å². The minimum atomic E-state index is -0.868. The van der Waals surface area contributed by atoms with E-state index in [4.69, 9.17) is 5.11 Å². The molecule has 0 radical (unpaired) electrons. The largest absolute Gasteiger partial charge is 0.481 e. The number of nitrogens with one attached hydrogen (secondary N) is 2. The first-order valence-corrected chi connectivity index (χ1v) is 8.13. The summed E-state index contributed by atoms with van der Waals surface area (Å²) in [6.45, 7) is 4.19. The topological polar surface area (TPSA) is 81.7 Å². The first-order chi connectivity index (χ1) is 10.1. The summed E-state index contributed by atoms with van der Waals surface area (Å²) >= 11 is 0. The van der Waals surface area contributed by atoms with E-state index in [-0.39, 0.29) is 24.5 Å². The quantitative estimate of drug-likeness (QED) is 0.695. The number of piperidine rings is 1. The minimum absolute atomic E-state index is 0.0124. The van der Waals surface area contributed by atoms with Gasteiger partial charge < -0.3 is 15.7 Å². The third-order valence-corrected chi connectivity index (χ3v) is 4.57. The molecule has 2 aliphatic rings. The lowest BCUT2D eigenvalue weighted by Crippen LogP contribution is -2.51. The molecular weight excluding hydrogens is 270 g/mol. The number of fused-ring (bicyclic) bond motifs is 1. The number of urea groups is 1. The number of nitrogens with zero attached hydrogens (tertiary/aromatic N) is 1. The van der Waals surface area contributed by atoms with Crippen molar-refractivity contribution < 1.29 is 14.7 Å². The number of rotatable bonds is 6. The lowest BCUT2D eigenvalue weighted by Gasteiger charge is -2.32. The summed E-state index contributed by atoms with van der Waals surface area (Å²) < 4.78 is 0. The van der Waals surface area contributed by atoms with Crippen LogP contribution in [0.2, 0.25) is 0 Å². The molecule has 21 heavy (non-hydrogen) atoms. The van der Waals surface area contributed by atoms with E-state index in [9.17, 15) is 9.59 Å². The van der Waals surface area contributed by atoms with Crippen molar-refractivity contribution in [2.24, 2.45) is 0 Å². The van der Waals surface area contributed by atoms with Crippen molar-refractivity contribution in [1.82, 2.24) is 15.5 Å². The number of hydrogen-bond donors (Lipinski definition) is 3. The summed E-state index contributed by atoms with van der Waals surface area (Å²) in [4.78, 5) is 25.4. The van der Waals surface area contributed by atoms with Gasteiger partial charge in [-0.1, -0.05) is 19.8 Å². The van der Waals surface area contributed by atoms with Gasteiger partial charge >= 0.3 is 12.0 Å². The summed E-state index contributed by atoms with van der Waals surface area (Å²) in [5, 5.41) is 14.8. The van der Waals surface area contributed by atoms with E-state index in [2.05, 4.69) is 15.5 Å². The zero-order valence-corrected chi connectivity index (χ0v) is 12.8. The summed E-state index contributed by atoms with van der Waals surface area (Å²) in [6, 6.07) is 0.175. The molecule has 6 nitrogen and oxygen atoms in total. The van der Waals surface area contributed by atoms with Gasteiger partial charge in [0.15, 0.2) is 0 Å². The Morgan fingerprint density at radius 1 is 1.29 bits per heavy atom. The van der Waals surface area contributed by atoms with Crippen molar-refractivity contribution in [2.75, 3.05) is 13.1 Å². The zero-order valence-electron chi connectivity index (χ0n) is 12.8. The van der Waals surface area contributed by atoms with E-state index < -0.39 is 5.97 Å². The molecule has 2 heterocycles. The number of carbonyl (C=O) groups excluding carboxylic acids is 1. The normalized spacial score (nSPS) is 26.9. The van der Waals surface area contributed by atoms with Gasteiger partial charge in [-0.3, -0.25) is 9.69 Å². The molecule has 2 fully saturated rings. The van der Waals surface area contributed by atoms with Gasteiger partial charge in [-0.05, 0) is 32.2 Å². The van der Waals surface area contributed by atoms with Gasteiger partial charge in [0.05, 0.1) is 6.42 Å². The van der Waals surface area contributed by atoms with Gasteiger partial charge in [0.2, 0.25) is 0 Å². The Labute approximate surface area is 126 Å². The van der Waals surface area contributed by atoms with Crippen LogP contribution in [0.3, 0.4) is 0 Å². The molecule has 0 aromatic carbocycles. The molecule has 0 aliphatic carbocycles. The number of hydrogen-bond acceptors (Lipinski definition) is 3. The molecule has 3 N–H and O–H groups in total. The van der Waals surface area contributed by atoms with Gasteiger partial charge in [0.1, 0.15) is 0 Å². The number of amides is 2. The smallest absolute Gasteiger partial charge is 0.315 e. The predicted octanol–water partition coefficient (Wildman–Crippen LogP) is 1.56. The molecule has 6 heteroatoms. The highest BCUT2D eigenvalue weighted by molar-refractivity contribution is 5.76. The fourth-order valence-electron chi connectivity index (χ4n) is 3.60. The lowest BCUT2D eigenvalue weighted by molar-refractivity contribution is -0.137. The van der Waals surface area contributed by atoms with Gasteiger partial charge in [0.25, 0.3) is 0 Å². The SMILES string of the molecule is CCCC(CC(=O)O)NC(=O)NC1CCN2CCCCC12. The van der Waals surface area contributed by atoms with Crippen LogP contribution >= 0.6 is 0 Å². The average Bonchev–Trinajstić information content (AvgIpc) is 2.82. The van der Waals surface area contributed by atoms with E-state index in [1.54, 1.807) is 0 Å². The van der Waals surface area contributed by atoms with E-state index >= 15 is 0 Å². The van der Waals surface area contributed by atoms with Crippen molar-refractivity contribution in [3.63, 3.8) is 0 Å². The summed E-state index contributed by atoms with van der Waals surface area (Å²) in [7, 11) is 0. The van der Waals surface area contributed by atoms with Crippen molar-refractivity contribution in [3.05, 3.63) is 0 Å². The molecule has 3 atom stereocenters. The third kappa shape index (κ3) is 4.59. The summed E-state index contributed by atoms with van der Waals surface area (Å²) in [5.41, 5.74) is 0. The van der Waals surface area contributed by atoms with Crippen LogP contribution in [0.1, 0.15) is 51.9 Å². The monoisotopic (exact) mass is 297 g/mol. The Morgan fingerprint density at radius 2 is 2.10 bits per heavy atom. The molecule has 2 amide bonds. The van der Waals surface area contributed by atoms with Crippen LogP contribution in [0.4, 0.5) is 4.79 Å². The maximum absolute atomic E-state index is 12.1. The van der Waals surface area contributed by atoms with Gasteiger partial charge in [-0.2, -0.15) is 0 Å². The average molecular weight is 297 g/mol. The Bertz CT molecular complexity index is 375. The van der Waals surface area contributed by atoms with Gasteiger partial charge in [-0.25, -0.2) is 4.79 Å². The molecule has 120 valence electrons. The second-order valence-corrected chi connectivity index (χ2v) is 6.20. The molecule has 0 bridgehead atoms. The first-order valence-electron chi connectivity index (χ1n) is 8.13. The molecule has 0 aromatic heterocycles. The zero-order chi connectivity index (χ0) is 15.2. The number of carbonyl (C=O) groups is 2. The first kappa shape index (κ1) is 16.1. The van der Waals surface area contributed by atoms with Crippen LogP contribution in [0, 0.1) is 0 Å². The molecule has 0 aromatic rings. The molecule has 3 unspecified atom stereocenters. The predicted molar refractivity (Wildman–Crippen MR) is 80.2 cm³/mol. The number of carboxylic acids is 1. The molecule has 2 rings (SSSR count). The maximum Gasteiger partial charge on any atom is 0.315 e. The van der Waals surface area contributed by atoms with Crippen LogP contribution in [-0.4, -0.2) is 53.2 Å². The lowest BCUT2D eigenvalue weighted by atomic mass is 9.99. The second kappa shape index (κ2) is 7.64. The Hall–Kier alpha value is -1.30. The third-order valence-electron chi connectivity index (χ3n) is 4.57. The highest BCUT2D eigenvalue weighted by Crippen LogP contribution is 2.27. The maximum atomic E-state index is 12.1. The fraction of sp³-hybridized carbons (Fsp3) is 0.867. The second-order valence-electron chi connectivity index (χ2n) is 6.20. The molecular formula is C15H27N3O3. The summed E-state index contributed by atoms with van der Waals surface area (Å²) in [6.07, 6.45) is 6.18. The molecule has 2 aliphatic heterocycles. The Morgan fingerprint density at radius 3 is 2.81 bits per heavy atom. The van der Waals surface area contributed by atoms with Crippen LogP contribution in [0.5, 0.6) is 0 Å². The molecule has 0 spiro atoms. The van der Waals surface area contributed by atoms with Gasteiger partial charge in [-0.15, -0.1) is 0 Å². The van der Waals surface area contributed by atoms with E-state index in [1.807, 2.05) is 6.92 Å². The van der Waals surface area contributed by atoms with E-state index in [0.717, 1.165) is 32.4 Å². The Balaban J connectivity index is 1.81. The minimum Gasteiger partial charge on any atom is -0.481 e. The molecule has 0 saturated carbocycles. The Kier molecular flexibility index (Phi) is 5.85. The molecule has 2 saturated heterocycles. The van der Waals surface area contributed by atoms with Crippen molar-refractivity contribution in [1.29, 1.82) is 0 Å². The van der Waals surface area contributed by atoms with Crippen molar-refractivity contribution in [2.45, 2.75) is 70.0 Å². The van der Waals surface area contributed by atoms with Crippen LogP contribution in [0.25, 0.3) is 0 Å². The standard InChI is InChI=1S/C15H27N3O3/c1-2-5-11(10-14(19)20)16-15(21)17-12-7-9-18-8-4-3-6-13(12)18/h11-13H,2-10H2,1H3,(H,19,20)(H2,16,17,21). The van der Waals surface area contributed by atoms with Crippen molar-refractivity contribution >= 4 is 12.0 Å². The van der Waals surface area contributed by atoms with Crippen LogP contribution < -0.4 is 10.6 Å². The van der Waals surface area contributed by atoms with Crippen LogP contribution in [-0.2, 0) is 4.79 Å². The fourth-order valence-corrected chi connectivity index (χ4v) is 3.60. The van der Waals surface area contributed by atoms with E-state index in [1.165, 1.54) is 12.8 Å². The number of carboxylic acid groups (broad SMARTS) is 1. The summed E-state index contributed by atoms with van der Waals surface area (Å²) in [5.74, 6) is -0.868. The van der Waals surface area contributed by atoms with Gasteiger partial charge in [0, 0.05) is 24.7 Å². The van der Waals surface area contributed by atoms with Crippen LogP contribution in [0.15, 0.2) is 0 Å². The highest BCUT2D eigenvalue weighted by atomic mass is 16.4. The highest BCUT2D eigenvalue weighted by Gasteiger charge is 2.36.